The van der Waals surface area contributed by atoms with Crippen LogP contribution in [0.4, 0.5) is 0 Å². The Balaban J connectivity index is 0.00000121. The lowest BCUT2D eigenvalue weighted by Crippen LogP contribution is -2.03. The van der Waals surface area contributed by atoms with E-state index in [1.54, 1.807) is 25.2 Å². The van der Waals surface area contributed by atoms with E-state index in [0.29, 0.717) is 16.4 Å². The van der Waals surface area contributed by atoms with Gasteiger partial charge in [0.25, 0.3) is 0 Å². The number of thioether (sulfide) groups is 1. The number of aliphatic hydroxyl groups excluding tert-OH is 1. The molecule has 0 amide bonds. The molecule has 4 heteroatoms. The Bertz CT molecular complexity index is 356. The molecule has 3 nitrogen and oxygen atoms in total. The third kappa shape index (κ3) is 4.61. The smallest absolute Gasteiger partial charge is 0.145 e. The topological polar surface area (TPSA) is 49.7 Å². The summed E-state index contributed by atoms with van der Waals surface area (Å²) in [5.41, 5.74) is 0.627. The van der Waals surface area contributed by atoms with Gasteiger partial charge in [0, 0.05) is 11.3 Å². The number of nitrogens with zero attached hydrogens (tertiary/aromatic N) is 1. The third-order valence-corrected chi connectivity index (χ3v) is 3.00. The molecule has 17 heavy (non-hydrogen) atoms. The van der Waals surface area contributed by atoms with Crippen LogP contribution in [0.5, 0.6) is 0 Å². The number of rotatable bonds is 4. The fraction of sp³-hybridized carbons (Fsp3) is 0.385. The zero-order valence-electron chi connectivity index (χ0n) is 10.5. The Morgan fingerprint density at radius 2 is 2.24 bits per heavy atom. The minimum Gasteiger partial charge on any atom is -0.508 e. The summed E-state index contributed by atoms with van der Waals surface area (Å²) >= 11 is 1.47. The van der Waals surface area contributed by atoms with Crippen molar-refractivity contribution in [1.82, 2.24) is 0 Å². The summed E-state index contributed by atoms with van der Waals surface area (Å²) in [6, 6.07) is -0.289. The van der Waals surface area contributed by atoms with E-state index in [2.05, 4.69) is 11.6 Å². The Labute approximate surface area is 107 Å². The van der Waals surface area contributed by atoms with Crippen LogP contribution in [0.1, 0.15) is 20.8 Å². The largest absolute Gasteiger partial charge is 0.508 e. The minimum atomic E-state index is -0.289. The van der Waals surface area contributed by atoms with Crippen molar-refractivity contribution in [2.75, 3.05) is 5.75 Å². The molecular weight excluding hydrogens is 234 g/mol. The summed E-state index contributed by atoms with van der Waals surface area (Å²) in [7, 11) is 0. The van der Waals surface area contributed by atoms with E-state index >= 15 is 0 Å². The van der Waals surface area contributed by atoms with Gasteiger partial charge in [-0.1, -0.05) is 26.5 Å². The number of hydrogen-bond acceptors (Lipinski definition) is 4. The second-order valence-corrected chi connectivity index (χ2v) is 3.95. The maximum Gasteiger partial charge on any atom is 0.145 e. The van der Waals surface area contributed by atoms with Crippen molar-refractivity contribution >= 4 is 23.1 Å². The molecule has 0 saturated heterocycles. The van der Waals surface area contributed by atoms with Gasteiger partial charge in [0.15, 0.2) is 0 Å². The molecule has 0 fully saturated rings. The van der Waals surface area contributed by atoms with Gasteiger partial charge in [0.05, 0.1) is 0 Å². The molecule has 0 aliphatic carbocycles. The summed E-state index contributed by atoms with van der Waals surface area (Å²) in [5.74, 6) is 0.803. The molecule has 0 aromatic rings. The van der Waals surface area contributed by atoms with E-state index in [-0.39, 0.29) is 11.8 Å². The standard InChI is InChI=1S/C11H13NO2S.C2H6/c1-3-5-9(10(14)4-2)11-12-8(6-13)7-15-11;1-2/h3-6,8,14H,1,7H2,2H3;1-2H3/b9-5+,10-4+;. The normalized spacial score (nSPS) is 20.2. The molecule has 1 N–H and O–H groups in total. The first-order valence-corrected chi connectivity index (χ1v) is 6.56. The van der Waals surface area contributed by atoms with Gasteiger partial charge in [-0.05, 0) is 19.1 Å². The highest BCUT2D eigenvalue weighted by Gasteiger charge is 2.21. The monoisotopic (exact) mass is 253 g/mol. The van der Waals surface area contributed by atoms with E-state index in [0.717, 1.165) is 6.29 Å². The summed E-state index contributed by atoms with van der Waals surface area (Å²) in [5, 5.41) is 10.3. The number of allylic oxidation sites excluding steroid dienone is 4. The number of carbonyl (C=O) groups excluding carboxylic acids is 1. The van der Waals surface area contributed by atoms with Crippen LogP contribution in [-0.4, -0.2) is 28.2 Å². The first-order valence-electron chi connectivity index (χ1n) is 5.57. The van der Waals surface area contributed by atoms with Crippen molar-refractivity contribution in [1.29, 1.82) is 0 Å². The number of aldehydes is 1. The van der Waals surface area contributed by atoms with Crippen LogP contribution in [0.2, 0.25) is 0 Å². The number of carbonyl (C=O) groups is 1. The average Bonchev–Trinajstić information content (AvgIpc) is 2.86. The highest BCUT2D eigenvalue weighted by molar-refractivity contribution is 8.14. The minimum absolute atomic E-state index is 0.160. The van der Waals surface area contributed by atoms with Gasteiger partial charge >= 0.3 is 0 Å². The van der Waals surface area contributed by atoms with Crippen LogP contribution in [0.3, 0.4) is 0 Å². The predicted octanol–water partition coefficient (Wildman–Crippen LogP) is 3.30. The second kappa shape index (κ2) is 8.82. The number of aliphatic imine (C=N–C) groups is 1. The molecule has 1 unspecified atom stereocenters. The first-order chi connectivity index (χ1) is 8.22. The lowest BCUT2D eigenvalue weighted by Gasteiger charge is -2.03. The van der Waals surface area contributed by atoms with Gasteiger partial charge in [0.1, 0.15) is 23.1 Å². The number of aliphatic hydroxyl groups is 1. The molecule has 0 radical (unpaired) electrons. The van der Waals surface area contributed by atoms with E-state index in [1.165, 1.54) is 11.8 Å². The lowest BCUT2D eigenvalue weighted by atomic mass is 10.2. The average molecular weight is 253 g/mol. The van der Waals surface area contributed by atoms with Gasteiger partial charge in [-0.15, -0.1) is 11.8 Å². The Morgan fingerprint density at radius 3 is 2.65 bits per heavy atom. The van der Waals surface area contributed by atoms with Crippen LogP contribution in [-0.2, 0) is 4.79 Å². The summed E-state index contributed by atoms with van der Waals surface area (Å²) in [6.07, 6.45) is 5.69. The highest BCUT2D eigenvalue weighted by atomic mass is 32.2. The van der Waals surface area contributed by atoms with Crippen LogP contribution >= 0.6 is 11.8 Å². The van der Waals surface area contributed by atoms with Crippen LogP contribution < -0.4 is 0 Å². The zero-order chi connectivity index (χ0) is 13.3. The molecule has 1 aliphatic rings. The van der Waals surface area contributed by atoms with Crippen molar-refractivity contribution in [2.24, 2.45) is 4.99 Å². The molecule has 0 saturated carbocycles. The van der Waals surface area contributed by atoms with Gasteiger partial charge in [0.2, 0.25) is 0 Å². The fourth-order valence-corrected chi connectivity index (χ4v) is 2.17. The zero-order valence-corrected chi connectivity index (χ0v) is 11.3. The van der Waals surface area contributed by atoms with Gasteiger partial charge in [-0.3, -0.25) is 4.99 Å². The summed E-state index contributed by atoms with van der Waals surface area (Å²) in [4.78, 5) is 14.7. The maximum absolute atomic E-state index is 10.5. The maximum atomic E-state index is 10.5. The quantitative estimate of drug-likeness (QED) is 0.475. The summed E-state index contributed by atoms with van der Waals surface area (Å²) < 4.78 is 0. The van der Waals surface area contributed by atoms with E-state index in [1.807, 2.05) is 13.8 Å². The predicted molar refractivity (Wildman–Crippen MR) is 75.8 cm³/mol. The molecule has 1 aliphatic heterocycles. The van der Waals surface area contributed by atoms with Crippen molar-refractivity contribution in [3.8, 4) is 0 Å². The molecule has 0 spiro atoms. The van der Waals surface area contributed by atoms with E-state index in [4.69, 9.17) is 0 Å². The van der Waals surface area contributed by atoms with Crippen LogP contribution in [0, 0.1) is 0 Å². The molecule has 0 aromatic heterocycles. The molecule has 1 heterocycles. The molecular formula is C13H19NO2S. The Morgan fingerprint density at radius 1 is 1.59 bits per heavy atom. The molecule has 0 bridgehead atoms. The number of hydrogen-bond donors (Lipinski definition) is 1. The van der Waals surface area contributed by atoms with Gasteiger partial charge in [-0.25, -0.2) is 0 Å². The fourth-order valence-electron chi connectivity index (χ4n) is 1.15. The first kappa shape index (κ1) is 15.7. The van der Waals surface area contributed by atoms with E-state index < -0.39 is 0 Å². The lowest BCUT2D eigenvalue weighted by molar-refractivity contribution is -0.108. The SMILES string of the molecule is C=C/C=C(C1=NC(C=O)CS1)\C(O)=C/C.CC. The Kier molecular flexibility index (Phi) is 8.15. The van der Waals surface area contributed by atoms with Gasteiger partial charge < -0.3 is 9.90 Å². The molecule has 94 valence electrons. The highest BCUT2D eigenvalue weighted by Crippen LogP contribution is 2.25. The van der Waals surface area contributed by atoms with Crippen molar-refractivity contribution in [2.45, 2.75) is 26.8 Å². The summed E-state index contributed by atoms with van der Waals surface area (Å²) in [6.45, 7) is 9.32. The van der Waals surface area contributed by atoms with Crippen molar-refractivity contribution in [3.05, 3.63) is 36.1 Å². The van der Waals surface area contributed by atoms with Crippen molar-refractivity contribution < 1.29 is 9.90 Å². The molecule has 1 rings (SSSR count). The van der Waals surface area contributed by atoms with E-state index in [9.17, 15) is 9.90 Å². The van der Waals surface area contributed by atoms with Crippen LogP contribution in [0.25, 0.3) is 0 Å². The third-order valence-electron chi connectivity index (χ3n) is 1.90. The van der Waals surface area contributed by atoms with Crippen LogP contribution in [0.15, 0.2) is 41.1 Å². The van der Waals surface area contributed by atoms with Crippen molar-refractivity contribution in [3.63, 3.8) is 0 Å². The molecule has 0 aromatic carbocycles. The molecule has 1 atom stereocenters. The van der Waals surface area contributed by atoms with Gasteiger partial charge in [-0.2, -0.15) is 0 Å². The Hall–Kier alpha value is -1.29. The second-order valence-electron chi connectivity index (χ2n) is 2.94.